The lowest BCUT2D eigenvalue weighted by atomic mass is 10.2. The fraction of sp³-hybridized carbons (Fsp3) is 0.750. The van der Waals surface area contributed by atoms with E-state index in [9.17, 15) is 9.18 Å². The number of unbranched alkanes of at least 4 members (excludes halogenated alkanes) is 3. The molecule has 1 atom stereocenters. The second-order valence-corrected chi connectivity index (χ2v) is 3.56. The molecule has 0 heterocycles. The molecule has 0 bridgehead atoms. The van der Waals surface area contributed by atoms with E-state index in [1.54, 1.807) is 0 Å². The Morgan fingerprint density at radius 2 is 2.00 bits per heavy atom. The van der Waals surface area contributed by atoms with Crippen molar-refractivity contribution in [2.75, 3.05) is 0 Å². The molecule has 0 aliphatic carbocycles. The van der Waals surface area contributed by atoms with E-state index in [0.29, 0.717) is 6.42 Å². The summed E-state index contributed by atoms with van der Waals surface area (Å²) in [6.07, 6.45) is 8.14. The number of halogens is 1. The van der Waals surface area contributed by atoms with Crippen LogP contribution in [0, 0.1) is 0 Å². The zero-order valence-electron chi connectivity index (χ0n) is 9.67. The van der Waals surface area contributed by atoms with Crippen LogP contribution in [0.1, 0.15) is 52.4 Å². The smallest absolute Gasteiger partial charge is 0.305 e. The van der Waals surface area contributed by atoms with Gasteiger partial charge in [-0.2, -0.15) is 0 Å². The van der Waals surface area contributed by atoms with E-state index in [0.717, 1.165) is 6.42 Å². The van der Waals surface area contributed by atoms with Gasteiger partial charge in [-0.1, -0.05) is 31.9 Å². The summed E-state index contributed by atoms with van der Waals surface area (Å²) in [5.41, 5.74) is 0. The molecule has 1 unspecified atom stereocenters. The van der Waals surface area contributed by atoms with Crippen LogP contribution in [0.3, 0.4) is 0 Å². The maximum Gasteiger partial charge on any atom is 0.305 e. The lowest BCUT2D eigenvalue weighted by Gasteiger charge is -2.05. The van der Waals surface area contributed by atoms with Gasteiger partial charge in [0.1, 0.15) is 0 Å². The summed E-state index contributed by atoms with van der Waals surface area (Å²) in [6.45, 7) is 3.38. The third kappa shape index (κ3) is 11.1. The van der Waals surface area contributed by atoms with E-state index < -0.39 is 12.3 Å². The highest BCUT2D eigenvalue weighted by molar-refractivity contribution is 5.65. The highest BCUT2D eigenvalue weighted by atomic mass is 19.1. The number of hydrogen-bond donors (Lipinski definition) is 0. The van der Waals surface area contributed by atoms with E-state index in [1.165, 1.54) is 26.2 Å². The summed E-state index contributed by atoms with van der Waals surface area (Å²) in [5.74, 6) is -0.561. The number of carbonyl (C=O) groups excluding carboxylic acids is 1. The average molecular weight is 216 g/mol. The Kier molecular flexibility index (Phi) is 9.13. The maximum absolute atomic E-state index is 12.8. The Morgan fingerprint density at radius 1 is 1.33 bits per heavy atom. The van der Waals surface area contributed by atoms with Crippen LogP contribution in [0.25, 0.3) is 0 Å². The van der Waals surface area contributed by atoms with Crippen molar-refractivity contribution in [3.05, 3.63) is 12.2 Å². The molecule has 0 aromatic rings. The quantitative estimate of drug-likeness (QED) is 0.351. The molecule has 0 aliphatic heterocycles. The van der Waals surface area contributed by atoms with Gasteiger partial charge in [-0.05, 0) is 19.3 Å². The first-order chi connectivity index (χ1) is 7.16. The molecule has 15 heavy (non-hydrogen) atoms. The summed E-state index contributed by atoms with van der Waals surface area (Å²) in [6, 6.07) is 0. The van der Waals surface area contributed by atoms with E-state index in [4.69, 9.17) is 0 Å². The number of rotatable bonds is 8. The monoisotopic (exact) mass is 216 g/mol. The Hall–Kier alpha value is -0.860. The molecule has 3 heteroatoms. The van der Waals surface area contributed by atoms with Gasteiger partial charge in [0.2, 0.25) is 6.36 Å². The molecule has 0 saturated heterocycles. The second-order valence-electron chi connectivity index (χ2n) is 3.56. The summed E-state index contributed by atoms with van der Waals surface area (Å²) >= 11 is 0. The third-order valence-corrected chi connectivity index (χ3v) is 2.00. The van der Waals surface area contributed by atoms with Gasteiger partial charge >= 0.3 is 5.97 Å². The van der Waals surface area contributed by atoms with E-state index >= 15 is 0 Å². The average Bonchev–Trinajstić information content (AvgIpc) is 2.15. The standard InChI is InChI=1S/C12H21FO2/c1-3-4-5-6-7-8-9-10-12(13)15-11(2)14/h7-8,12H,3-6,9-10H2,1-2H3/b8-7+. The third-order valence-electron chi connectivity index (χ3n) is 2.00. The number of ether oxygens (including phenoxy) is 1. The highest BCUT2D eigenvalue weighted by Gasteiger charge is 2.06. The molecular formula is C12H21FO2. The fourth-order valence-corrected chi connectivity index (χ4v) is 1.21. The van der Waals surface area contributed by atoms with Crippen molar-refractivity contribution in [3.8, 4) is 0 Å². The first kappa shape index (κ1) is 14.1. The molecule has 2 nitrogen and oxygen atoms in total. The molecule has 0 aromatic carbocycles. The Balaban J connectivity index is 3.32. The maximum atomic E-state index is 12.8. The van der Waals surface area contributed by atoms with Gasteiger partial charge in [0, 0.05) is 13.3 Å². The molecule has 0 amide bonds. The van der Waals surface area contributed by atoms with Gasteiger partial charge in [0.25, 0.3) is 0 Å². The lowest BCUT2D eigenvalue weighted by Crippen LogP contribution is -2.09. The largest absolute Gasteiger partial charge is 0.431 e. The summed E-state index contributed by atoms with van der Waals surface area (Å²) in [4.78, 5) is 10.4. The predicted octanol–water partition coefficient (Wildman–Crippen LogP) is 3.76. The molecule has 0 radical (unpaired) electrons. The minimum Gasteiger partial charge on any atom is -0.431 e. The molecule has 0 saturated carbocycles. The molecule has 0 fully saturated rings. The summed E-state index contributed by atoms with van der Waals surface area (Å²) in [5, 5.41) is 0. The zero-order chi connectivity index (χ0) is 11.5. The van der Waals surface area contributed by atoms with Crippen molar-refractivity contribution in [1.29, 1.82) is 0 Å². The normalized spacial score (nSPS) is 13.0. The number of alkyl halides is 1. The van der Waals surface area contributed by atoms with Crippen LogP contribution >= 0.6 is 0 Å². The minimum atomic E-state index is -1.46. The fourth-order valence-electron chi connectivity index (χ4n) is 1.21. The van der Waals surface area contributed by atoms with Crippen molar-refractivity contribution >= 4 is 5.97 Å². The Labute approximate surface area is 91.5 Å². The number of carbonyl (C=O) groups is 1. The van der Waals surface area contributed by atoms with Crippen LogP contribution in [0.2, 0.25) is 0 Å². The van der Waals surface area contributed by atoms with Crippen molar-refractivity contribution in [2.24, 2.45) is 0 Å². The van der Waals surface area contributed by atoms with E-state index in [-0.39, 0.29) is 6.42 Å². The number of allylic oxidation sites excluding steroid dienone is 2. The molecule has 0 aromatic heterocycles. The number of hydrogen-bond acceptors (Lipinski definition) is 2. The van der Waals surface area contributed by atoms with Crippen molar-refractivity contribution in [1.82, 2.24) is 0 Å². The van der Waals surface area contributed by atoms with Crippen molar-refractivity contribution in [2.45, 2.75) is 58.7 Å². The van der Waals surface area contributed by atoms with Crippen LogP contribution in [0.4, 0.5) is 4.39 Å². The molecule has 88 valence electrons. The van der Waals surface area contributed by atoms with Gasteiger partial charge in [-0.3, -0.25) is 4.79 Å². The molecule has 0 spiro atoms. The van der Waals surface area contributed by atoms with E-state index in [2.05, 4.69) is 17.7 Å². The van der Waals surface area contributed by atoms with Gasteiger partial charge < -0.3 is 4.74 Å². The van der Waals surface area contributed by atoms with Crippen LogP contribution in [0.5, 0.6) is 0 Å². The topological polar surface area (TPSA) is 26.3 Å². The van der Waals surface area contributed by atoms with Gasteiger partial charge in [-0.15, -0.1) is 0 Å². The van der Waals surface area contributed by atoms with Crippen LogP contribution in [-0.2, 0) is 9.53 Å². The number of esters is 1. The predicted molar refractivity (Wildman–Crippen MR) is 59.2 cm³/mol. The van der Waals surface area contributed by atoms with Gasteiger partial charge in [-0.25, -0.2) is 4.39 Å². The second kappa shape index (κ2) is 9.69. The van der Waals surface area contributed by atoms with Crippen molar-refractivity contribution < 1.29 is 13.9 Å². The van der Waals surface area contributed by atoms with Crippen LogP contribution in [-0.4, -0.2) is 12.3 Å². The SMILES string of the molecule is CCCCC/C=C/CCC(F)OC(C)=O. The zero-order valence-corrected chi connectivity index (χ0v) is 9.67. The van der Waals surface area contributed by atoms with Gasteiger partial charge in [0.15, 0.2) is 0 Å². The Morgan fingerprint density at radius 3 is 2.60 bits per heavy atom. The molecule has 0 N–H and O–H groups in total. The highest BCUT2D eigenvalue weighted by Crippen LogP contribution is 2.06. The van der Waals surface area contributed by atoms with Crippen LogP contribution in [0.15, 0.2) is 12.2 Å². The van der Waals surface area contributed by atoms with Gasteiger partial charge in [0.05, 0.1) is 0 Å². The molecular weight excluding hydrogens is 195 g/mol. The van der Waals surface area contributed by atoms with Crippen molar-refractivity contribution in [3.63, 3.8) is 0 Å². The van der Waals surface area contributed by atoms with E-state index in [1.807, 2.05) is 6.08 Å². The lowest BCUT2D eigenvalue weighted by molar-refractivity contribution is -0.155. The first-order valence-corrected chi connectivity index (χ1v) is 5.63. The minimum absolute atomic E-state index is 0.254. The first-order valence-electron chi connectivity index (χ1n) is 5.63. The summed E-state index contributed by atoms with van der Waals surface area (Å²) < 4.78 is 17.2. The Bertz CT molecular complexity index is 190. The summed E-state index contributed by atoms with van der Waals surface area (Å²) in [7, 11) is 0. The van der Waals surface area contributed by atoms with Crippen LogP contribution < -0.4 is 0 Å². The molecule has 0 rings (SSSR count). The molecule has 0 aliphatic rings.